The molecule has 1 amide bonds. The molecule has 2 aromatic carbocycles. The molecule has 182 valence electrons. The Hall–Kier alpha value is -2.36. The van der Waals surface area contributed by atoms with Gasteiger partial charge in [0.15, 0.2) is 0 Å². The van der Waals surface area contributed by atoms with E-state index in [0.717, 1.165) is 25.0 Å². The summed E-state index contributed by atoms with van der Waals surface area (Å²) in [4.78, 5) is 12.3. The van der Waals surface area contributed by atoms with E-state index >= 15 is 8.78 Å². The molecule has 0 spiro atoms. The molecule has 1 aliphatic carbocycles. The Bertz CT molecular complexity index is 1200. The summed E-state index contributed by atoms with van der Waals surface area (Å²) in [6.07, 6.45) is 2.69. The van der Waals surface area contributed by atoms with Crippen molar-refractivity contribution in [2.24, 2.45) is 5.92 Å². The Morgan fingerprint density at radius 2 is 1.79 bits per heavy atom. The van der Waals surface area contributed by atoms with Gasteiger partial charge in [0.2, 0.25) is 15.9 Å². The van der Waals surface area contributed by atoms with Gasteiger partial charge in [0.25, 0.3) is 0 Å². The van der Waals surface area contributed by atoms with Crippen LogP contribution in [0, 0.1) is 17.6 Å². The molecule has 0 radical (unpaired) electrons. The van der Waals surface area contributed by atoms with Crippen molar-refractivity contribution in [1.82, 2.24) is 9.62 Å². The maximum Gasteiger partial charge on any atom is 0.223 e. The van der Waals surface area contributed by atoms with Crippen LogP contribution in [0.25, 0.3) is 0 Å². The third kappa shape index (κ3) is 4.14. The van der Waals surface area contributed by atoms with Crippen molar-refractivity contribution in [2.75, 3.05) is 13.2 Å². The molecule has 34 heavy (non-hydrogen) atoms. The number of nitrogens with one attached hydrogen (secondary N) is 1. The van der Waals surface area contributed by atoms with E-state index < -0.39 is 32.4 Å². The van der Waals surface area contributed by atoms with Gasteiger partial charge in [-0.25, -0.2) is 17.2 Å². The summed E-state index contributed by atoms with van der Waals surface area (Å²) < 4.78 is 63.9. The minimum Gasteiger partial charge on any atom is -0.376 e. The van der Waals surface area contributed by atoms with E-state index in [0.29, 0.717) is 18.4 Å². The standard InChI is InChI=1S/C25H28F2N2O4S/c1-16-7-10-23(17-5-3-2-4-6-17)34(31,32)29(16)13-19-11-22(27)20(12-21(19)26)25(14-33-15-25)28-24(30)18-8-9-18/h2-6,11-12,16,18,23H,7-10,13-15H2,1H3,(H,28,30)/t16-,23+/m0/s1. The third-order valence-electron chi connectivity index (χ3n) is 7.18. The van der Waals surface area contributed by atoms with Gasteiger partial charge in [-0.2, -0.15) is 4.31 Å². The van der Waals surface area contributed by atoms with Crippen molar-refractivity contribution in [3.63, 3.8) is 0 Å². The third-order valence-corrected chi connectivity index (χ3v) is 9.55. The van der Waals surface area contributed by atoms with E-state index in [4.69, 9.17) is 4.74 Å². The number of halogens is 2. The first-order chi connectivity index (χ1) is 16.2. The summed E-state index contributed by atoms with van der Waals surface area (Å²) in [7, 11) is -3.78. The topological polar surface area (TPSA) is 75.7 Å². The highest BCUT2D eigenvalue weighted by molar-refractivity contribution is 7.89. The predicted molar refractivity (Wildman–Crippen MR) is 122 cm³/mol. The lowest BCUT2D eigenvalue weighted by molar-refractivity contribution is -0.135. The van der Waals surface area contributed by atoms with E-state index in [1.165, 1.54) is 4.31 Å². The maximum atomic E-state index is 15.3. The molecule has 3 fully saturated rings. The molecule has 2 aromatic rings. The van der Waals surface area contributed by atoms with Gasteiger partial charge in [-0.3, -0.25) is 4.79 Å². The first kappa shape index (κ1) is 23.4. The number of sulfonamides is 1. The van der Waals surface area contributed by atoms with E-state index in [9.17, 15) is 13.2 Å². The molecule has 0 bridgehead atoms. The van der Waals surface area contributed by atoms with Crippen LogP contribution in [-0.4, -0.2) is 37.9 Å². The van der Waals surface area contributed by atoms with E-state index in [2.05, 4.69) is 5.32 Å². The number of hydrogen-bond acceptors (Lipinski definition) is 4. The number of carbonyl (C=O) groups is 1. The molecule has 2 saturated heterocycles. The Balaban J connectivity index is 1.42. The van der Waals surface area contributed by atoms with Crippen LogP contribution in [0.1, 0.15) is 54.5 Å². The lowest BCUT2D eigenvalue weighted by Crippen LogP contribution is -2.60. The first-order valence-corrected chi connectivity index (χ1v) is 13.2. The van der Waals surface area contributed by atoms with Crippen molar-refractivity contribution in [1.29, 1.82) is 0 Å². The van der Waals surface area contributed by atoms with Crippen molar-refractivity contribution >= 4 is 15.9 Å². The van der Waals surface area contributed by atoms with Gasteiger partial charge >= 0.3 is 0 Å². The summed E-state index contributed by atoms with van der Waals surface area (Å²) >= 11 is 0. The zero-order valence-corrected chi connectivity index (χ0v) is 19.8. The van der Waals surface area contributed by atoms with Gasteiger partial charge in [0, 0.05) is 29.6 Å². The van der Waals surface area contributed by atoms with Crippen LogP contribution in [0.5, 0.6) is 0 Å². The second-order valence-corrected chi connectivity index (χ2v) is 11.7. The van der Waals surface area contributed by atoms with Gasteiger partial charge in [-0.15, -0.1) is 0 Å². The van der Waals surface area contributed by atoms with E-state index in [-0.39, 0.29) is 48.8 Å². The molecule has 2 atom stereocenters. The van der Waals surface area contributed by atoms with E-state index in [1.807, 2.05) is 6.07 Å². The zero-order valence-electron chi connectivity index (χ0n) is 19.0. The van der Waals surface area contributed by atoms with Crippen LogP contribution in [-0.2, 0) is 31.6 Å². The molecule has 1 saturated carbocycles. The number of carbonyl (C=O) groups excluding carboxylic acids is 1. The van der Waals surface area contributed by atoms with Crippen LogP contribution in [0.15, 0.2) is 42.5 Å². The van der Waals surface area contributed by atoms with Crippen LogP contribution >= 0.6 is 0 Å². The number of hydrogen-bond donors (Lipinski definition) is 1. The van der Waals surface area contributed by atoms with Crippen LogP contribution in [0.2, 0.25) is 0 Å². The fourth-order valence-electron chi connectivity index (χ4n) is 4.88. The Morgan fingerprint density at radius 3 is 2.41 bits per heavy atom. The van der Waals surface area contributed by atoms with Gasteiger partial charge in [-0.05, 0) is 50.3 Å². The molecule has 2 aliphatic heterocycles. The molecule has 1 N–H and O–H groups in total. The minimum absolute atomic E-state index is 0.0331. The molecule has 5 rings (SSSR count). The molecule has 3 aliphatic rings. The largest absolute Gasteiger partial charge is 0.376 e. The molecule has 9 heteroatoms. The molecule has 2 heterocycles. The molecule has 0 aromatic heterocycles. The monoisotopic (exact) mass is 490 g/mol. The summed E-state index contributed by atoms with van der Waals surface area (Å²) in [6, 6.07) is 10.8. The van der Waals surface area contributed by atoms with Gasteiger partial charge in [0.1, 0.15) is 22.4 Å². The summed E-state index contributed by atoms with van der Waals surface area (Å²) in [6.45, 7) is 1.66. The lowest BCUT2D eigenvalue weighted by atomic mass is 9.86. The lowest BCUT2D eigenvalue weighted by Gasteiger charge is -2.43. The molecule has 0 unspecified atom stereocenters. The highest BCUT2D eigenvalue weighted by atomic mass is 32.2. The average molecular weight is 491 g/mol. The molecule has 6 nitrogen and oxygen atoms in total. The summed E-state index contributed by atoms with van der Waals surface area (Å²) in [5, 5.41) is 2.13. The Morgan fingerprint density at radius 1 is 1.09 bits per heavy atom. The first-order valence-electron chi connectivity index (χ1n) is 11.6. The predicted octanol–water partition coefficient (Wildman–Crippen LogP) is 3.77. The van der Waals surface area contributed by atoms with Gasteiger partial charge in [0.05, 0.1) is 13.2 Å². The quantitative estimate of drug-likeness (QED) is 0.669. The average Bonchev–Trinajstić information content (AvgIpc) is 3.62. The van der Waals surface area contributed by atoms with Crippen molar-refractivity contribution in [3.8, 4) is 0 Å². The molecular formula is C25H28F2N2O4S. The summed E-state index contributed by atoms with van der Waals surface area (Å²) in [5.41, 5.74) is -0.397. The SMILES string of the molecule is C[C@H]1CC[C@H](c2ccccc2)S(=O)(=O)N1Cc1cc(F)c(C2(NC(=O)C3CC3)COC2)cc1F. The number of amides is 1. The fraction of sp³-hybridized carbons (Fsp3) is 0.480. The van der Waals surface area contributed by atoms with Crippen LogP contribution in [0.3, 0.4) is 0 Å². The highest BCUT2D eigenvalue weighted by Gasteiger charge is 2.47. The summed E-state index contributed by atoms with van der Waals surface area (Å²) in [5.74, 6) is -1.63. The van der Waals surface area contributed by atoms with Gasteiger partial charge < -0.3 is 10.1 Å². The minimum atomic E-state index is -3.78. The van der Waals surface area contributed by atoms with Crippen molar-refractivity contribution in [2.45, 2.75) is 56.0 Å². The number of ether oxygens (including phenoxy) is 1. The smallest absolute Gasteiger partial charge is 0.223 e. The Labute approximate surface area is 198 Å². The Kier molecular flexibility index (Phi) is 5.98. The normalized spacial score (nSPS) is 26.0. The van der Waals surface area contributed by atoms with Gasteiger partial charge in [-0.1, -0.05) is 30.3 Å². The van der Waals surface area contributed by atoms with Crippen molar-refractivity contribution in [3.05, 3.63) is 70.8 Å². The second-order valence-electron chi connectivity index (χ2n) is 9.68. The molecular weight excluding hydrogens is 462 g/mol. The maximum absolute atomic E-state index is 15.3. The van der Waals surface area contributed by atoms with Crippen LogP contribution in [0.4, 0.5) is 8.78 Å². The second kappa shape index (κ2) is 8.70. The van der Waals surface area contributed by atoms with Crippen LogP contribution < -0.4 is 5.32 Å². The number of rotatable bonds is 6. The van der Waals surface area contributed by atoms with Crippen molar-refractivity contribution < 1.29 is 26.7 Å². The number of nitrogens with zero attached hydrogens (tertiary/aromatic N) is 1. The fourth-order valence-corrected chi connectivity index (χ4v) is 7.07. The van der Waals surface area contributed by atoms with E-state index in [1.54, 1.807) is 31.2 Å². The zero-order chi connectivity index (χ0) is 24.1. The highest BCUT2D eigenvalue weighted by Crippen LogP contribution is 2.39. The number of benzene rings is 2.